The van der Waals surface area contributed by atoms with Gasteiger partial charge in [-0.1, -0.05) is 6.07 Å². The Morgan fingerprint density at radius 1 is 1.43 bits per heavy atom. The summed E-state index contributed by atoms with van der Waals surface area (Å²) >= 11 is 0. The SMILES string of the molecule is CN(C(=O)CN)c1c(F)cccc1F. The summed E-state index contributed by atoms with van der Waals surface area (Å²) in [7, 11) is 1.27. The molecule has 2 N–H and O–H groups in total. The van der Waals surface area contributed by atoms with Crippen molar-refractivity contribution in [1.82, 2.24) is 0 Å². The van der Waals surface area contributed by atoms with Crippen LogP contribution in [0.2, 0.25) is 0 Å². The smallest absolute Gasteiger partial charge is 0.240 e. The van der Waals surface area contributed by atoms with Gasteiger partial charge in [-0.15, -0.1) is 0 Å². The predicted octanol–water partition coefficient (Wildman–Crippen LogP) is 0.886. The van der Waals surface area contributed by atoms with Crippen molar-refractivity contribution in [3.63, 3.8) is 0 Å². The lowest BCUT2D eigenvalue weighted by Gasteiger charge is -2.17. The molecular weight excluding hydrogens is 190 g/mol. The van der Waals surface area contributed by atoms with E-state index >= 15 is 0 Å². The molecule has 0 aromatic heterocycles. The van der Waals surface area contributed by atoms with E-state index in [1.165, 1.54) is 13.1 Å². The molecule has 1 amide bonds. The van der Waals surface area contributed by atoms with E-state index in [4.69, 9.17) is 5.73 Å². The van der Waals surface area contributed by atoms with Crippen LogP contribution >= 0.6 is 0 Å². The molecule has 0 bridgehead atoms. The van der Waals surface area contributed by atoms with Crippen LogP contribution in [0.5, 0.6) is 0 Å². The Hall–Kier alpha value is -1.49. The summed E-state index contributed by atoms with van der Waals surface area (Å²) in [6.07, 6.45) is 0. The first-order chi connectivity index (χ1) is 6.57. The van der Waals surface area contributed by atoms with Crippen molar-refractivity contribution in [3.8, 4) is 0 Å². The molecule has 0 unspecified atom stereocenters. The Labute approximate surface area is 80.1 Å². The van der Waals surface area contributed by atoms with Crippen LogP contribution in [-0.2, 0) is 4.79 Å². The first-order valence-electron chi connectivity index (χ1n) is 3.98. The molecule has 14 heavy (non-hydrogen) atoms. The summed E-state index contributed by atoms with van der Waals surface area (Å²) in [5.74, 6) is -2.11. The van der Waals surface area contributed by atoms with Crippen molar-refractivity contribution in [1.29, 1.82) is 0 Å². The maximum atomic E-state index is 13.1. The molecule has 0 aliphatic rings. The first-order valence-corrected chi connectivity index (χ1v) is 3.98. The van der Waals surface area contributed by atoms with Crippen LogP contribution in [0.4, 0.5) is 14.5 Å². The molecule has 0 radical (unpaired) electrons. The van der Waals surface area contributed by atoms with Crippen LogP contribution in [0.1, 0.15) is 0 Å². The van der Waals surface area contributed by atoms with Crippen LogP contribution in [0, 0.1) is 11.6 Å². The number of nitrogens with two attached hydrogens (primary N) is 1. The minimum Gasteiger partial charge on any atom is -0.322 e. The lowest BCUT2D eigenvalue weighted by atomic mass is 10.2. The van der Waals surface area contributed by atoms with E-state index < -0.39 is 17.5 Å². The summed E-state index contributed by atoms with van der Waals surface area (Å²) in [6, 6.07) is 3.40. The second kappa shape index (κ2) is 4.15. The fraction of sp³-hybridized carbons (Fsp3) is 0.222. The van der Waals surface area contributed by atoms with Gasteiger partial charge in [0.25, 0.3) is 0 Å². The number of benzene rings is 1. The Balaban J connectivity index is 3.11. The number of anilines is 1. The van der Waals surface area contributed by atoms with Gasteiger partial charge in [-0.2, -0.15) is 0 Å². The number of halogens is 2. The average Bonchev–Trinajstić information content (AvgIpc) is 2.16. The maximum absolute atomic E-state index is 13.1. The third-order valence-electron chi connectivity index (χ3n) is 1.82. The number of likely N-dealkylation sites (N-methyl/N-ethyl adjacent to an activating group) is 1. The molecule has 0 aliphatic carbocycles. The minimum absolute atomic E-state index is 0.287. The van der Waals surface area contributed by atoms with Crippen molar-refractivity contribution in [3.05, 3.63) is 29.8 Å². The van der Waals surface area contributed by atoms with Crippen LogP contribution in [0.25, 0.3) is 0 Å². The molecule has 5 heteroatoms. The molecule has 0 spiro atoms. The summed E-state index contributed by atoms with van der Waals surface area (Å²) < 4.78 is 26.2. The van der Waals surface area contributed by atoms with Gasteiger partial charge in [-0.05, 0) is 12.1 Å². The van der Waals surface area contributed by atoms with E-state index in [-0.39, 0.29) is 12.2 Å². The second-order valence-electron chi connectivity index (χ2n) is 2.73. The van der Waals surface area contributed by atoms with Gasteiger partial charge in [-0.25, -0.2) is 8.78 Å². The zero-order chi connectivity index (χ0) is 10.7. The van der Waals surface area contributed by atoms with Crippen molar-refractivity contribution in [2.24, 2.45) is 5.73 Å². The second-order valence-corrected chi connectivity index (χ2v) is 2.73. The first kappa shape index (κ1) is 10.6. The third-order valence-corrected chi connectivity index (χ3v) is 1.82. The van der Waals surface area contributed by atoms with Crippen molar-refractivity contribution < 1.29 is 13.6 Å². The number of hydrogen-bond acceptors (Lipinski definition) is 2. The summed E-state index contributed by atoms with van der Waals surface area (Å²) in [6.45, 7) is -0.287. The number of hydrogen-bond donors (Lipinski definition) is 1. The lowest BCUT2D eigenvalue weighted by Crippen LogP contribution is -2.33. The highest BCUT2D eigenvalue weighted by Gasteiger charge is 2.17. The molecule has 0 heterocycles. The highest BCUT2D eigenvalue weighted by molar-refractivity contribution is 5.94. The normalized spacial score (nSPS) is 10.0. The van der Waals surface area contributed by atoms with Crippen molar-refractivity contribution in [2.75, 3.05) is 18.5 Å². The van der Waals surface area contributed by atoms with Gasteiger partial charge in [0.1, 0.15) is 17.3 Å². The molecule has 0 fully saturated rings. The van der Waals surface area contributed by atoms with Crippen LogP contribution < -0.4 is 10.6 Å². The Morgan fingerprint density at radius 3 is 2.36 bits per heavy atom. The lowest BCUT2D eigenvalue weighted by molar-refractivity contribution is -0.117. The van der Waals surface area contributed by atoms with E-state index in [1.807, 2.05) is 0 Å². The minimum atomic E-state index is -0.783. The highest BCUT2D eigenvalue weighted by atomic mass is 19.1. The third kappa shape index (κ3) is 1.88. The van der Waals surface area contributed by atoms with E-state index in [0.717, 1.165) is 17.0 Å². The fourth-order valence-corrected chi connectivity index (χ4v) is 1.07. The van der Waals surface area contributed by atoms with Crippen LogP contribution in [0.3, 0.4) is 0 Å². The van der Waals surface area contributed by atoms with Crippen molar-refractivity contribution in [2.45, 2.75) is 0 Å². The highest BCUT2D eigenvalue weighted by Crippen LogP contribution is 2.21. The van der Waals surface area contributed by atoms with E-state index in [9.17, 15) is 13.6 Å². The molecule has 1 aromatic rings. The largest absolute Gasteiger partial charge is 0.322 e. The summed E-state index contributed by atoms with van der Waals surface area (Å²) in [5.41, 5.74) is 4.70. The standard InChI is InChI=1S/C9H10F2N2O/c1-13(8(14)5-12)9-6(10)3-2-4-7(9)11/h2-4H,5,12H2,1H3. The average molecular weight is 200 g/mol. The summed E-state index contributed by atoms with van der Waals surface area (Å²) in [5, 5.41) is 0. The van der Waals surface area contributed by atoms with E-state index in [2.05, 4.69) is 0 Å². The van der Waals surface area contributed by atoms with Gasteiger partial charge < -0.3 is 10.6 Å². The molecule has 0 atom stereocenters. The molecule has 1 aromatic carbocycles. The van der Waals surface area contributed by atoms with Crippen LogP contribution in [-0.4, -0.2) is 19.5 Å². The Bertz CT molecular complexity index is 334. The molecule has 1 rings (SSSR count). The Morgan fingerprint density at radius 2 is 1.93 bits per heavy atom. The number of nitrogens with zero attached hydrogens (tertiary/aromatic N) is 1. The number of para-hydroxylation sites is 1. The molecule has 0 aliphatic heterocycles. The van der Waals surface area contributed by atoms with Gasteiger partial charge in [0.2, 0.25) is 5.91 Å². The quantitative estimate of drug-likeness (QED) is 0.770. The van der Waals surface area contributed by atoms with E-state index in [1.54, 1.807) is 0 Å². The fourth-order valence-electron chi connectivity index (χ4n) is 1.07. The van der Waals surface area contributed by atoms with Gasteiger partial charge in [0, 0.05) is 7.05 Å². The monoisotopic (exact) mass is 200 g/mol. The van der Waals surface area contributed by atoms with Gasteiger partial charge in [0.15, 0.2) is 0 Å². The number of carbonyl (C=O) groups excluding carboxylic acids is 1. The maximum Gasteiger partial charge on any atom is 0.240 e. The van der Waals surface area contributed by atoms with Gasteiger partial charge in [-0.3, -0.25) is 4.79 Å². The zero-order valence-corrected chi connectivity index (χ0v) is 7.63. The molecule has 0 saturated heterocycles. The summed E-state index contributed by atoms with van der Waals surface area (Å²) in [4.78, 5) is 12.0. The Kier molecular flexibility index (Phi) is 3.14. The number of amides is 1. The van der Waals surface area contributed by atoms with Gasteiger partial charge >= 0.3 is 0 Å². The zero-order valence-electron chi connectivity index (χ0n) is 7.63. The predicted molar refractivity (Wildman–Crippen MR) is 48.8 cm³/mol. The number of carbonyl (C=O) groups is 1. The number of rotatable bonds is 2. The molecule has 3 nitrogen and oxygen atoms in total. The van der Waals surface area contributed by atoms with Crippen LogP contribution in [0.15, 0.2) is 18.2 Å². The molecular formula is C9H10F2N2O. The van der Waals surface area contributed by atoms with Crippen molar-refractivity contribution >= 4 is 11.6 Å². The van der Waals surface area contributed by atoms with E-state index in [0.29, 0.717) is 0 Å². The van der Waals surface area contributed by atoms with Gasteiger partial charge in [0.05, 0.1) is 6.54 Å². The molecule has 0 saturated carbocycles. The molecule has 76 valence electrons. The topological polar surface area (TPSA) is 46.3 Å².